The molecule has 2 aromatic heterocycles. The van der Waals surface area contributed by atoms with Gasteiger partial charge in [-0.15, -0.1) is 10.2 Å². The van der Waals surface area contributed by atoms with Crippen molar-refractivity contribution < 1.29 is 0 Å². The summed E-state index contributed by atoms with van der Waals surface area (Å²) in [5, 5.41) is 18.7. The number of rotatable bonds is 2. The Bertz CT molecular complexity index is 362. The molecule has 68 valence electrons. The van der Waals surface area contributed by atoms with E-state index in [1.54, 1.807) is 15.6 Å². The number of hydrogen-bond acceptors (Lipinski definition) is 5. The highest BCUT2D eigenvalue weighted by Gasteiger charge is 2.04. The van der Waals surface area contributed by atoms with Crippen LogP contribution in [-0.2, 0) is 13.6 Å². The molecule has 0 fully saturated rings. The van der Waals surface area contributed by atoms with Crippen molar-refractivity contribution in [3.8, 4) is 0 Å². The van der Waals surface area contributed by atoms with Gasteiger partial charge >= 0.3 is 0 Å². The molecular formula is C6H9N7. The summed E-state index contributed by atoms with van der Waals surface area (Å²) in [5.74, 6) is 0.779. The van der Waals surface area contributed by atoms with Crippen LogP contribution in [0.15, 0.2) is 6.20 Å². The van der Waals surface area contributed by atoms with Crippen molar-refractivity contribution in [1.29, 1.82) is 0 Å². The summed E-state index contributed by atoms with van der Waals surface area (Å²) in [7, 11) is 1.84. The molecule has 0 radical (unpaired) electrons. The van der Waals surface area contributed by atoms with Crippen LogP contribution in [-0.4, -0.2) is 35.2 Å². The molecule has 2 heterocycles. The van der Waals surface area contributed by atoms with Crippen molar-refractivity contribution in [3.63, 3.8) is 0 Å². The molecule has 0 saturated carbocycles. The van der Waals surface area contributed by atoms with Crippen molar-refractivity contribution in [1.82, 2.24) is 35.2 Å². The zero-order valence-corrected chi connectivity index (χ0v) is 7.41. The molecule has 0 aliphatic carbocycles. The van der Waals surface area contributed by atoms with Crippen molar-refractivity contribution >= 4 is 0 Å². The molecule has 2 rings (SSSR count). The average molecular weight is 179 g/mol. The molecule has 0 aliphatic heterocycles. The molecule has 7 nitrogen and oxygen atoms in total. The van der Waals surface area contributed by atoms with Gasteiger partial charge in [-0.05, 0) is 17.4 Å². The molecule has 7 heteroatoms. The second-order valence-corrected chi connectivity index (χ2v) is 2.73. The third-order valence-corrected chi connectivity index (χ3v) is 1.83. The summed E-state index contributed by atoms with van der Waals surface area (Å²) in [6, 6.07) is 0. The zero-order chi connectivity index (χ0) is 9.26. The van der Waals surface area contributed by atoms with Gasteiger partial charge in [0.2, 0.25) is 0 Å². The van der Waals surface area contributed by atoms with Gasteiger partial charge in [0.25, 0.3) is 0 Å². The van der Waals surface area contributed by atoms with Crippen LogP contribution in [0, 0.1) is 6.92 Å². The Labute approximate surface area is 74.4 Å². The first-order chi connectivity index (χ1) is 6.27. The second kappa shape index (κ2) is 2.92. The third kappa shape index (κ3) is 1.40. The highest BCUT2D eigenvalue weighted by Crippen LogP contribution is 1.98. The van der Waals surface area contributed by atoms with Crippen LogP contribution < -0.4 is 0 Å². The molecule has 0 saturated heterocycles. The van der Waals surface area contributed by atoms with Crippen LogP contribution in [0.4, 0.5) is 0 Å². The fraction of sp³-hybridized carbons (Fsp3) is 0.500. The lowest BCUT2D eigenvalue weighted by atomic mass is 10.4. The van der Waals surface area contributed by atoms with Gasteiger partial charge in [-0.3, -0.25) is 4.68 Å². The molecule has 0 unspecified atom stereocenters. The van der Waals surface area contributed by atoms with Crippen LogP contribution >= 0.6 is 0 Å². The van der Waals surface area contributed by atoms with Crippen LogP contribution in [0.25, 0.3) is 0 Å². The minimum atomic E-state index is 0.600. The number of tetrazole rings is 1. The summed E-state index contributed by atoms with van der Waals surface area (Å²) < 4.78 is 3.39. The number of hydrogen-bond donors (Lipinski definition) is 0. The lowest BCUT2D eigenvalue weighted by Crippen LogP contribution is -2.08. The topological polar surface area (TPSA) is 74.3 Å². The first-order valence-corrected chi connectivity index (χ1v) is 3.83. The SMILES string of the molecule is Cc1nnnn1Cc1cnnn1C. The van der Waals surface area contributed by atoms with Gasteiger partial charge in [-0.25, -0.2) is 4.68 Å². The standard InChI is InChI=1S/C6H9N7/c1-5-8-9-11-13(5)4-6-3-7-10-12(6)2/h3H,4H2,1-2H3. The van der Waals surface area contributed by atoms with E-state index in [9.17, 15) is 0 Å². The smallest absolute Gasteiger partial charge is 0.148 e. The Morgan fingerprint density at radius 1 is 1.38 bits per heavy atom. The summed E-state index contributed by atoms with van der Waals surface area (Å²) in [6.45, 7) is 2.45. The minimum Gasteiger partial charge on any atom is -0.251 e. The molecule has 0 atom stereocenters. The molecule has 13 heavy (non-hydrogen) atoms. The maximum Gasteiger partial charge on any atom is 0.148 e. The molecule has 0 aromatic carbocycles. The first-order valence-electron chi connectivity index (χ1n) is 3.83. The molecule has 0 N–H and O–H groups in total. The largest absolute Gasteiger partial charge is 0.251 e. The predicted octanol–water partition coefficient (Wildman–Crippen LogP) is -0.842. The van der Waals surface area contributed by atoms with E-state index in [1.807, 2.05) is 14.0 Å². The highest BCUT2D eigenvalue weighted by molar-refractivity contribution is 4.94. The van der Waals surface area contributed by atoms with Gasteiger partial charge in [-0.2, -0.15) is 0 Å². The van der Waals surface area contributed by atoms with Gasteiger partial charge in [0.15, 0.2) is 0 Å². The van der Waals surface area contributed by atoms with Crippen LogP contribution in [0.2, 0.25) is 0 Å². The Balaban J connectivity index is 2.24. The Morgan fingerprint density at radius 2 is 2.23 bits per heavy atom. The summed E-state index contributed by atoms with van der Waals surface area (Å²) in [5.41, 5.74) is 0.968. The van der Waals surface area contributed by atoms with E-state index in [1.165, 1.54) is 0 Å². The average Bonchev–Trinajstić information content (AvgIpc) is 2.65. The summed E-state index contributed by atoms with van der Waals surface area (Å²) in [6.07, 6.45) is 1.70. The Morgan fingerprint density at radius 3 is 2.77 bits per heavy atom. The monoisotopic (exact) mass is 179 g/mol. The van der Waals surface area contributed by atoms with Gasteiger partial charge in [-0.1, -0.05) is 5.21 Å². The van der Waals surface area contributed by atoms with E-state index in [-0.39, 0.29) is 0 Å². The van der Waals surface area contributed by atoms with E-state index in [0.717, 1.165) is 11.5 Å². The highest BCUT2D eigenvalue weighted by atomic mass is 15.5. The normalized spacial score (nSPS) is 10.6. The van der Waals surface area contributed by atoms with Crippen molar-refractivity contribution in [2.75, 3.05) is 0 Å². The van der Waals surface area contributed by atoms with Crippen LogP contribution in [0.5, 0.6) is 0 Å². The molecule has 0 aliphatic rings. The minimum absolute atomic E-state index is 0.600. The lowest BCUT2D eigenvalue weighted by Gasteiger charge is -2.00. The van der Waals surface area contributed by atoms with Gasteiger partial charge in [0, 0.05) is 7.05 Å². The van der Waals surface area contributed by atoms with Gasteiger partial charge in [0.05, 0.1) is 18.4 Å². The summed E-state index contributed by atoms with van der Waals surface area (Å²) in [4.78, 5) is 0. The quantitative estimate of drug-likeness (QED) is 0.600. The van der Waals surface area contributed by atoms with Crippen LogP contribution in [0.1, 0.15) is 11.5 Å². The third-order valence-electron chi connectivity index (χ3n) is 1.83. The van der Waals surface area contributed by atoms with Gasteiger partial charge < -0.3 is 0 Å². The maximum atomic E-state index is 3.82. The Hall–Kier alpha value is -1.79. The van der Waals surface area contributed by atoms with E-state index in [2.05, 4.69) is 25.8 Å². The number of aryl methyl sites for hydroxylation is 2. The van der Waals surface area contributed by atoms with Crippen molar-refractivity contribution in [2.45, 2.75) is 13.5 Å². The Kier molecular flexibility index (Phi) is 1.76. The van der Waals surface area contributed by atoms with Gasteiger partial charge in [0.1, 0.15) is 5.82 Å². The maximum absolute atomic E-state index is 3.82. The zero-order valence-electron chi connectivity index (χ0n) is 7.41. The first kappa shape index (κ1) is 7.84. The molecule has 0 spiro atoms. The second-order valence-electron chi connectivity index (χ2n) is 2.73. The number of nitrogens with zero attached hydrogens (tertiary/aromatic N) is 7. The van der Waals surface area contributed by atoms with E-state index < -0.39 is 0 Å². The van der Waals surface area contributed by atoms with E-state index in [0.29, 0.717) is 6.54 Å². The molecule has 0 bridgehead atoms. The number of aromatic nitrogens is 7. The van der Waals surface area contributed by atoms with E-state index >= 15 is 0 Å². The fourth-order valence-corrected chi connectivity index (χ4v) is 1.00. The molecular weight excluding hydrogens is 170 g/mol. The summed E-state index contributed by atoms with van der Waals surface area (Å²) >= 11 is 0. The molecule has 2 aromatic rings. The van der Waals surface area contributed by atoms with E-state index in [4.69, 9.17) is 0 Å². The van der Waals surface area contributed by atoms with Crippen molar-refractivity contribution in [3.05, 3.63) is 17.7 Å². The lowest BCUT2D eigenvalue weighted by molar-refractivity contribution is 0.584. The fourth-order valence-electron chi connectivity index (χ4n) is 1.00. The van der Waals surface area contributed by atoms with Crippen LogP contribution in [0.3, 0.4) is 0 Å². The predicted molar refractivity (Wildman–Crippen MR) is 42.7 cm³/mol. The van der Waals surface area contributed by atoms with Crippen molar-refractivity contribution in [2.24, 2.45) is 7.05 Å². The molecule has 0 amide bonds.